The number of halogens is 3. The summed E-state index contributed by atoms with van der Waals surface area (Å²) in [6.07, 6.45) is 0. The molecule has 0 fully saturated rings. The van der Waals surface area contributed by atoms with Crippen molar-refractivity contribution in [2.45, 2.75) is 0 Å². The minimum Gasteiger partial charge on any atom is -0.276 e. The number of hydrogen-bond donors (Lipinski definition) is 0. The fourth-order valence-electron chi connectivity index (χ4n) is 2.93. The first-order chi connectivity index (χ1) is 12.9. The van der Waals surface area contributed by atoms with Crippen molar-refractivity contribution in [3.8, 4) is 22.3 Å². The zero-order valence-corrected chi connectivity index (χ0v) is 16.0. The molecule has 0 spiro atoms. The van der Waals surface area contributed by atoms with Gasteiger partial charge in [-0.1, -0.05) is 54.6 Å². The number of carbonyl (C=O) groups is 3. The summed E-state index contributed by atoms with van der Waals surface area (Å²) < 4.78 is 0. The van der Waals surface area contributed by atoms with Gasteiger partial charge in [-0.15, -0.1) is 0 Å². The van der Waals surface area contributed by atoms with Crippen LogP contribution in [0.2, 0.25) is 0 Å². The lowest BCUT2D eigenvalue weighted by atomic mass is 9.88. The zero-order chi connectivity index (χ0) is 19.6. The zero-order valence-electron chi connectivity index (χ0n) is 13.7. The van der Waals surface area contributed by atoms with E-state index in [-0.39, 0.29) is 22.3 Å². The Balaban J connectivity index is 2.40. The van der Waals surface area contributed by atoms with E-state index in [0.29, 0.717) is 5.56 Å². The van der Waals surface area contributed by atoms with Gasteiger partial charge >= 0.3 is 0 Å². The number of hydrogen-bond acceptors (Lipinski definition) is 3. The molecule has 0 atom stereocenters. The van der Waals surface area contributed by atoms with Gasteiger partial charge in [0.15, 0.2) is 0 Å². The van der Waals surface area contributed by atoms with Crippen LogP contribution < -0.4 is 0 Å². The van der Waals surface area contributed by atoms with Gasteiger partial charge in [0.05, 0.1) is 0 Å². The summed E-state index contributed by atoms with van der Waals surface area (Å²) in [5.41, 5.74) is 2.44. The Labute approximate surface area is 170 Å². The first-order valence-electron chi connectivity index (χ1n) is 7.82. The van der Waals surface area contributed by atoms with Crippen molar-refractivity contribution in [2.24, 2.45) is 0 Å². The second-order valence-corrected chi connectivity index (χ2v) is 6.71. The van der Waals surface area contributed by atoms with Crippen LogP contribution in [0.15, 0.2) is 66.7 Å². The van der Waals surface area contributed by atoms with Gasteiger partial charge in [0, 0.05) is 22.3 Å². The third-order valence-corrected chi connectivity index (χ3v) is 4.70. The average molecular weight is 418 g/mol. The third-order valence-electron chi connectivity index (χ3n) is 4.07. The van der Waals surface area contributed by atoms with Crippen LogP contribution >= 0.6 is 34.8 Å². The normalized spacial score (nSPS) is 10.5. The molecule has 0 aliphatic carbocycles. The predicted molar refractivity (Wildman–Crippen MR) is 108 cm³/mol. The Hall–Kier alpha value is -2.46. The molecule has 134 valence electrons. The van der Waals surface area contributed by atoms with E-state index in [0.717, 1.165) is 11.1 Å². The Morgan fingerprint density at radius 3 is 1.56 bits per heavy atom. The monoisotopic (exact) mass is 416 g/mol. The molecule has 0 amide bonds. The first kappa shape index (κ1) is 19.3. The lowest BCUT2D eigenvalue weighted by Gasteiger charge is -2.16. The van der Waals surface area contributed by atoms with Crippen LogP contribution in [0.25, 0.3) is 22.3 Å². The van der Waals surface area contributed by atoms with E-state index in [1.54, 1.807) is 12.1 Å². The number of carbonyl (C=O) groups excluding carboxylic acids is 3. The molecular formula is C21H11Cl3O3. The Bertz CT molecular complexity index is 1020. The van der Waals surface area contributed by atoms with Crippen molar-refractivity contribution in [3.63, 3.8) is 0 Å². The molecule has 0 bridgehead atoms. The Morgan fingerprint density at radius 1 is 0.593 bits per heavy atom. The van der Waals surface area contributed by atoms with Gasteiger partial charge in [-0.05, 0) is 63.6 Å². The molecule has 0 aliphatic heterocycles. The minimum absolute atomic E-state index is 0.0180. The molecule has 0 heterocycles. The van der Waals surface area contributed by atoms with Crippen molar-refractivity contribution in [2.75, 3.05) is 0 Å². The molecule has 0 saturated heterocycles. The van der Waals surface area contributed by atoms with Gasteiger partial charge in [0.25, 0.3) is 15.7 Å². The molecule has 3 nitrogen and oxygen atoms in total. The van der Waals surface area contributed by atoms with Gasteiger partial charge in [-0.25, -0.2) is 0 Å². The van der Waals surface area contributed by atoms with Gasteiger partial charge in [-0.2, -0.15) is 0 Å². The standard InChI is InChI=1S/C21H11Cl3O3/c22-19(25)13-10-16(20(23)26)18(17(11-13)21(24)27)15-9-5-4-8-14(15)12-6-2-1-3-7-12/h1-11H. The summed E-state index contributed by atoms with van der Waals surface area (Å²) in [5, 5.41) is -2.48. The van der Waals surface area contributed by atoms with Crippen LogP contribution in [0, 0.1) is 0 Å². The van der Waals surface area contributed by atoms with Gasteiger partial charge < -0.3 is 0 Å². The highest BCUT2D eigenvalue weighted by molar-refractivity contribution is 6.71. The second kappa shape index (κ2) is 8.05. The summed E-state index contributed by atoms with van der Waals surface area (Å²) in [6, 6.07) is 19.2. The van der Waals surface area contributed by atoms with E-state index < -0.39 is 15.7 Å². The van der Waals surface area contributed by atoms with Crippen LogP contribution in [-0.2, 0) is 0 Å². The molecule has 0 radical (unpaired) electrons. The van der Waals surface area contributed by atoms with Gasteiger partial charge in [0.1, 0.15) is 0 Å². The fraction of sp³-hybridized carbons (Fsp3) is 0. The summed E-state index contributed by atoms with van der Waals surface area (Å²) in [7, 11) is 0. The molecule has 6 heteroatoms. The Morgan fingerprint density at radius 2 is 1.07 bits per heavy atom. The molecule has 0 N–H and O–H groups in total. The fourth-order valence-corrected chi connectivity index (χ4v) is 3.33. The van der Waals surface area contributed by atoms with Crippen LogP contribution in [0.3, 0.4) is 0 Å². The van der Waals surface area contributed by atoms with E-state index in [1.807, 2.05) is 42.5 Å². The maximum atomic E-state index is 12.1. The largest absolute Gasteiger partial charge is 0.276 e. The molecule has 3 aromatic carbocycles. The van der Waals surface area contributed by atoms with E-state index >= 15 is 0 Å². The highest BCUT2D eigenvalue weighted by Crippen LogP contribution is 2.38. The number of benzene rings is 3. The highest BCUT2D eigenvalue weighted by atomic mass is 35.5. The lowest BCUT2D eigenvalue weighted by Crippen LogP contribution is -2.06. The molecule has 0 aliphatic rings. The van der Waals surface area contributed by atoms with Crippen LogP contribution in [0.1, 0.15) is 31.1 Å². The van der Waals surface area contributed by atoms with E-state index in [9.17, 15) is 14.4 Å². The van der Waals surface area contributed by atoms with E-state index in [4.69, 9.17) is 34.8 Å². The number of rotatable bonds is 5. The molecule has 0 aromatic heterocycles. The third kappa shape index (κ3) is 3.96. The first-order valence-corrected chi connectivity index (χ1v) is 8.96. The lowest BCUT2D eigenvalue weighted by molar-refractivity contribution is 0.108. The molecular weight excluding hydrogens is 407 g/mol. The van der Waals surface area contributed by atoms with Crippen LogP contribution in [-0.4, -0.2) is 15.7 Å². The molecule has 0 unspecified atom stereocenters. The SMILES string of the molecule is O=C(Cl)c1cc(C(=O)Cl)c(-c2ccccc2-c2ccccc2)c(C(=O)Cl)c1. The maximum Gasteiger partial charge on any atom is 0.253 e. The molecule has 3 rings (SSSR count). The van der Waals surface area contributed by atoms with Crippen molar-refractivity contribution >= 4 is 50.5 Å². The molecule has 27 heavy (non-hydrogen) atoms. The van der Waals surface area contributed by atoms with Gasteiger partial charge in [-0.3, -0.25) is 14.4 Å². The smallest absolute Gasteiger partial charge is 0.253 e. The minimum atomic E-state index is -0.827. The second-order valence-electron chi connectivity index (χ2n) is 5.68. The van der Waals surface area contributed by atoms with Crippen molar-refractivity contribution in [1.82, 2.24) is 0 Å². The Kier molecular flexibility index (Phi) is 5.76. The van der Waals surface area contributed by atoms with E-state index in [1.165, 1.54) is 12.1 Å². The highest BCUT2D eigenvalue weighted by Gasteiger charge is 2.23. The van der Waals surface area contributed by atoms with E-state index in [2.05, 4.69) is 0 Å². The van der Waals surface area contributed by atoms with Gasteiger partial charge in [0.2, 0.25) is 0 Å². The summed E-state index contributed by atoms with van der Waals surface area (Å²) in [6.45, 7) is 0. The summed E-state index contributed by atoms with van der Waals surface area (Å²) >= 11 is 17.1. The van der Waals surface area contributed by atoms with Crippen molar-refractivity contribution in [1.29, 1.82) is 0 Å². The summed E-state index contributed by atoms with van der Waals surface area (Å²) in [4.78, 5) is 35.8. The molecule has 0 saturated carbocycles. The summed E-state index contributed by atoms with van der Waals surface area (Å²) in [5.74, 6) is 0. The topological polar surface area (TPSA) is 51.2 Å². The molecule has 3 aromatic rings. The van der Waals surface area contributed by atoms with Crippen molar-refractivity contribution < 1.29 is 14.4 Å². The van der Waals surface area contributed by atoms with Crippen molar-refractivity contribution in [3.05, 3.63) is 83.4 Å². The quantitative estimate of drug-likeness (QED) is 0.467. The van der Waals surface area contributed by atoms with Crippen LogP contribution in [0.4, 0.5) is 0 Å². The average Bonchev–Trinajstić information content (AvgIpc) is 2.67. The van der Waals surface area contributed by atoms with Crippen LogP contribution in [0.5, 0.6) is 0 Å². The maximum absolute atomic E-state index is 12.1. The predicted octanol–water partition coefficient (Wildman–Crippen LogP) is 6.16.